The second-order valence-electron chi connectivity index (χ2n) is 6.74. The van der Waals surface area contributed by atoms with Gasteiger partial charge in [-0.05, 0) is 11.6 Å². The number of fused-ring (bicyclic) bond motifs is 1. The Balaban J connectivity index is 1.62. The van der Waals surface area contributed by atoms with Gasteiger partial charge < -0.3 is 19.1 Å². The number of aryl methyl sites for hydroxylation is 1. The first-order valence-electron chi connectivity index (χ1n) is 9.17. The number of carbonyl (C=O) groups is 1. The smallest absolute Gasteiger partial charge is 0.277 e. The highest BCUT2D eigenvalue weighted by atomic mass is 35.5. The molecule has 0 saturated carbocycles. The van der Waals surface area contributed by atoms with Gasteiger partial charge in [-0.2, -0.15) is 9.97 Å². The number of ether oxygens (including phenoxy) is 1. The summed E-state index contributed by atoms with van der Waals surface area (Å²) >= 11 is 6.18. The molecular formula is C17H20ClN9O3. The summed E-state index contributed by atoms with van der Waals surface area (Å²) in [6, 6.07) is 0. The van der Waals surface area contributed by atoms with Gasteiger partial charge in [-0.1, -0.05) is 0 Å². The summed E-state index contributed by atoms with van der Waals surface area (Å²) in [5.74, 6) is 1.13. The molecular weight excluding hydrogens is 414 g/mol. The van der Waals surface area contributed by atoms with Crippen LogP contribution < -0.4 is 15.3 Å². The third-order valence-electron chi connectivity index (χ3n) is 4.80. The number of hydrogen-bond acceptors (Lipinski definition) is 10. The first-order valence-corrected chi connectivity index (χ1v) is 9.55. The maximum Gasteiger partial charge on any atom is 0.277 e. The number of rotatable bonds is 5. The van der Waals surface area contributed by atoms with Crippen LogP contribution in [0.1, 0.15) is 16.2 Å². The maximum atomic E-state index is 11.4. The van der Waals surface area contributed by atoms with Crippen LogP contribution in [0.4, 0.5) is 11.8 Å². The number of nitrogens with zero attached hydrogens (tertiary/aromatic N) is 8. The molecule has 1 aliphatic heterocycles. The van der Waals surface area contributed by atoms with Crippen LogP contribution in [0.5, 0.6) is 0 Å². The largest absolute Gasteiger partial charge is 0.378 e. The van der Waals surface area contributed by atoms with Gasteiger partial charge in [-0.15, -0.1) is 0 Å². The van der Waals surface area contributed by atoms with Crippen molar-refractivity contribution in [2.45, 2.75) is 6.54 Å². The van der Waals surface area contributed by atoms with E-state index in [0.717, 1.165) is 5.82 Å². The Bertz CT molecular complexity index is 1070. The van der Waals surface area contributed by atoms with Crippen LogP contribution >= 0.6 is 11.6 Å². The minimum absolute atomic E-state index is 0.150. The molecule has 2 N–H and O–H groups in total. The fourth-order valence-corrected chi connectivity index (χ4v) is 3.35. The van der Waals surface area contributed by atoms with E-state index in [-0.39, 0.29) is 10.8 Å². The zero-order valence-electron chi connectivity index (χ0n) is 16.4. The molecule has 13 heteroatoms. The molecule has 1 saturated heterocycles. The molecule has 4 rings (SSSR count). The predicted octanol–water partition coefficient (Wildman–Crippen LogP) is 0.399. The molecule has 1 amide bonds. The third-order valence-corrected chi connectivity index (χ3v) is 4.97. The van der Waals surface area contributed by atoms with Gasteiger partial charge in [0.2, 0.25) is 11.2 Å². The Hall–Kier alpha value is -3.09. The number of hydroxylamine groups is 1. The van der Waals surface area contributed by atoms with Crippen molar-refractivity contribution in [2.75, 3.05) is 43.2 Å². The summed E-state index contributed by atoms with van der Waals surface area (Å²) in [6.45, 7) is 3.03. The lowest BCUT2D eigenvalue weighted by atomic mass is 10.3. The number of anilines is 2. The van der Waals surface area contributed by atoms with E-state index in [9.17, 15) is 4.79 Å². The van der Waals surface area contributed by atoms with E-state index in [1.165, 1.54) is 12.4 Å². The molecule has 0 unspecified atom stereocenters. The first-order chi connectivity index (χ1) is 14.5. The fourth-order valence-electron chi connectivity index (χ4n) is 3.19. The molecule has 12 nitrogen and oxygen atoms in total. The van der Waals surface area contributed by atoms with E-state index >= 15 is 0 Å². The average molecular weight is 434 g/mol. The second-order valence-corrected chi connectivity index (χ2v) is 7.08. The lowest BCUT2D eigenvalue weighted by Gasteiger charge is -2.27. The van der Waals surface area contributed by atoms with Crippen LogP contribution in [-0.2, 0) is 18.3 Å². The Kier molecular flexibility index (Phi) is 5.61. The van der Waals surface area contributed by atoms with Gasteiger partial charge in [0, 0.05) is 39.6 Å². The van der Waals surface area contributed by atoms with E-state index in [1.807, 2.05) is 18.7 Å². The van der Waals surface area contributed by atoms with E-state index in [0.29, 0.717) is 55.8 Å². The van der Waals surface area contributed by atoms with Gasteiger partial charge in [0.15, 0.2) is 17.0 Å². The zero-order chi connectivity index (χ0) is 21.3. The summed E-state index contributed by atoms with van der Waals surface area (Å²) < 4.78 is 7.28. The summed E-state index contributed by atoms with van der Waals surface area (Å²) in [7, 11) is 3.67. The van der Waals surface area contributed by atoms with Crippen molar-refractivity contribution in [1.29, 1.82) is 0 Å². The molecule has 0 spiro atoms. The van der Waals surface area contributed by atoms with Crippen LogP contribution in [0, 0.1) is 0 Å². The number of imidazole rings is 1. The predicted molar refractivity (Wildman–Crippen MR) is 108 cm³/mol. The number of hydrogen-bond donors (Lipinski definition) is 2. The van der Waals surface area contributed by atoms with Crippen molar-refractivity contribution in [3.8, 4) is 0 Å². The van der Waals surface area contributed by atoms with E-state index in [2.05, 4.69) is 24.8 Å². The highest BCUT2D eigenvalue weighted by molar-refractivity contribution is 6.28. The first kappa shape index (κ1) is 20.2. The number of halogens is 1. The van der Waals surface area contributed by atoms with E-state index in [1.54, 1.807) is 10.4 Å². The standard InChI is InChI=1S/C17H20ClN9O3/c1-25(17-19-7-10(8-20-17)15(28)24-29)9-11-21-12-13(26(11)2)22-16(18)23-14(12)27-3-5-30-6-4-27/h7-8,29H,3-6,9H2,1-2H3,(H,24,28). The summed E-state index contributed by atoms with van der Waals surface area (Å²) in [4.78, 5) is 37.1. The second kappa shape index (κ2) is 8.34. The highest BCUT2D eigenvalue weighted by Crippen LogP contribution is 2.26. The molecule has 3 aromatic heterocycles. The van der Waals surface area contributed by atoms with Gasteiger partial charge in [0.25, 0.3) is 5.91 Å². The summed E-state index contributed by atoms with van der Waals surface area (Å²) in [5.41, 5.74) is 3.00. The Morgan fingerprint density at radius 2 is 1.97 bits per heavy atom. The topological polar surface area (TPSA) is 134 Å². The lowest BCUT2D eigenvalue weighted by molar-refractivity contribution is 0.0705. The molecule has 1 aliphatic rings. The Morgan fingerprint density at radius 3 is 2.63 bits per heavy atom. The molecule has 0 aliphatic carbocycles. The summed E-state index contributed by atoms with van der Waals surface area (Å²) in [5, 5.41) is 8.85. The molecule has 0 atom stereocenters. The monoisotopic (exact) mass is 433 g/mol. The molecule has 1 fully saturated rings. The van der Waals surface area contributed by atoms with Crippen LogP contribution in [0.3, 0.4) is 0 Å². The van der Waals surface area contributed by atoms with Gasteiger partial charge in [-0.3, -0.25) is 10.0 Å². The fraction of sp³-hybridized carbons (Fsp3) is 0.412. The average Bonchev–Trinajstić information content (AvgIpc) is 3.08. The highest BCUT2D eigenvalue weighted by Gasteiger charge is 2.22. The zero-order valence-corrected chi connectivity index (χ0v) is 17.2. The molecule has 30 heavy (non-hydrogen) atoms. The number of nitrogens with one attached hydrogen (secondary N) is 1. The molecule has 158 valence electrons. The maximum absolute atomic E-state index is 11.4. The Morgan fingerprint density at radius 1 is 1.27 bits per heavy atom. The summed E-state index contributed by atoms with van der Waals surface area (Å²) in [6.07, 6.45) is 2.67. The number of aromatic nitrogens is 6. The van der Waals surface area contributed by atoms with Gasteiger partial charge >= 0.3 is 0 Å². The number of carbonyl (C=O) groups excluding carboxylic acids is 1. The van der Waals surface area contributed by atoms with Crippen molar-refractivity contribution in [3.05, 3.63) is 29.1 Å². The quantitative estimate of drug-likeness (QED) is 0.330. The van der Waals surface area contributed by atoms with E-state index in [4.69, 9.17) is 26.5 Å². The van der Waals surface area contributed by atoms with E-state index < -0.39 is 5.91 Å². The van der Waals surface area contributed by atoms with Crippen molar-refractivity contribution in [3.63, 3.8) is 0 Å². The Labute approximate surface area is 176 Å². The SMILES string of the molecule is CN(Cc1nc2c(N3CCOCC3)nc(Cl)nc2n1C)c1ncc(C(=O)NO)cn1. The van der Waals surface area contributed by atoms with Crippen molar-refractivity contribution < 1.29 is 14.7 Å². The molecule has 0 bridgehead atoms. The van der Waals surface area contributed by atoms with Crippen molar-refractivity contribution in [1.82, 2.24) is 35.0 Å². The van der Waals surface area contributed by atoms with Crippen LogP contribution in [-0.4, -0.2) is 74.0 Å². The number of amides is 1. The van der Waals surface area contributed by atoms with Gasteiger partial charge in [0.1, 0.15) is 5.82 Å². The minimum Gasteiger partial charge on any atom is -0.378 e. The van der Waals surface area contributed by atoms with Crippen LogP contribution in [0.25, 0.3) is 11.2 Å². The number of morpholine rings is 1. The molecule has 3 aromatic rings. The van der Waals surface area contributed by atoms with Gasteiger partial charge in [0.05, 0.1) is 25.3 Å². The third kappa shape index (κ3) is 3.84. The minimum atomic E-state index is -0.675. The molecule has 4 heterocycles. The molecule has 0 aromatic carbocycles. The van der Waals surface area contributed by atoms with Crippen LogP contribution in [0.2, 0.25) is 5.28 Å². The van der Waals surface area contributed by atoms with Crippen LogP contribution in [0.15, 0.2) is 12.4 Å². The van der Waals surface area contributed by atoms with Gasteiger partial charge in [-0.25, -0.2) is 20.4 Å². The normalized spacial score (nSPS) is 14.2. The lowest BCUT2D eigenvalue weighted by Crippen LogP contribution is -2.37. The van der Waals surface area contributed by atoms with Crippen molar-refractivity contribution in [2.24, 2.45) is 7.05 Å². The van der Waals surface area contributed by atoms with Crippen molar-refractivity contribution >= 4 is 40.4 Å². The molecule has 0 radical (unpaired) electrons.